The minimum Gasteiger partial charge on any atom is -0.480 e. The SMILES string of the molecule is CC(C)c1ccccc1C(C(=O)O)(C(C)C=O)N1CCC1. The molecule has 1 aromatic carbocycles. The van der Waals surface area contributed by atoms with E-state index >= 15 is 0 Å². The topological polar surface area (TPSA) is 57.6 Å². The molecule has 4 heteroatoms. The molecule has 0 aliphatic carbocycles. The number of aldehydes is 1. The first-order valence-electron chi connectivity index (χ1n) is 7.49. The smallest absolute Gasteiger partial charge is 0.329 e. The first kappa shape index (κ1) is 15.7. The Balaban J connectivity index is 2.69. The van der Waals surface area contributed by atoms with Crippen LogP contribution in [0, 0.1) is 5.92 Å². The quantitative estimate of drug-likeness (QED) is 0.818. The van der Waals surface area contributed by atoms with Crippen molar-refractivity contribution in [3.8, 4) is 0 Å². The molecular formula is C17H23NO3. The second-order valence-electron chi connectivity index (χ2n) is 6.08. The predicted molar refractivity (Wildman–Crippen MR) is 81.3 cm³/mol. The molecule has 0 saturated carbocycles. The molecule has 0 spiro atoms. The van der Waals surface area contributed by atoms with Crippen molar-refractivity contribution in [1.82, 2.24) is 4.90 Å². The van der Waals surface area contributed by atoms with Gasteiger partial charge in [0.05, 0.1) is 0 Å². The van der Waals surface area contributed by atoms with E-state index in [2.05, 4.69) is 0 Å². The number of benzene rings is 1. The predicted octanol–water partition coefficient (Wildman–Crippen LogP) is 2.63. The molecule has 1 aliphatic rings. The Kier molecular flexibility index (Phi) is 4.47. The number of aliphatic carboxylic acids is 1. The molecule has 2 rings (SSSR count). The lowest BCUT2D eigenvalue weighted by Crippen LogP contribution is -2.61. The van der Waals surface area contributed by atoms with Crippen molar-refractivity contribution in [2.24, 2.45) is 5.92 Å². The maximum absolute atomic E-state index is 12.2. The van der Waals surface area contributed by atoms with Gasteiger partial charge in [0.25, 0.3) is 0 Å². The van der Waals surface area contributed by atoms with Crippen molar-refractivity contribution < 1.29 is 14.7 Å². The van der Waals surface area contributed by atoms with Crippen LogP contribution >= 0.6 is 0 Å². The van der Waals surface area contributed by atoms with Gasteiger partial charge < -0.3 is 9.90 Å². The van der Waals surface area contributed by atoms with Crippen LogP contribution in [0.5, 0.6) is 0 Å². The van der Waals surface area contributed by atoms with E-state index < -0.39 is 17.4 Å². The zero-order valence-corrected chi connectivity index (χ0v) is 12.9. The Morgan fingerprint density at radius 1 is 1.29 bits per heavy atom. The third-order valence-electron chi connectivity index (χ3n) is 4.54. The Morgan fingerprint density at radius 3 is 2.33 bits per heavy atom. The van der Waals surface area contributed by atoms with E-state index in [1.807, 2.05) is 43.0 Å². The van der Waals surface area contributed by atoms with Crippen molar-refractivity contribution in [2.75, 3.05) is 13.1 Å². The zero-order valence-electron chi connectivity index (χ0n) is 12.9. The number of carbonyl (C=O) groups is 2. The molecule has 1 saturated heterocycles. The second kappa shape index (κ2) is 5.98. The van der Waals surface area contributed by atoms with Gasteiger partial charge >= 0.3 is 5.97 Å². The minimum absolute atomic E-state index is 0.208. The fraction of sp³-hybridized carbons (Fsp3) is 0.529. The van der Waals surface area contributed by atoms with Crippen LogP contribution in [0.3, 0.4) is 0 Å². The van der Waals surface area contributed by atoms with E-state index in [-0.39, 0.29) is 5.92 Å². The van der Waals surface area contributed by atoms with Gasteiger partial charge in [0.15, 0.2) is 5.54 Å². The molecule has 1 aliphatic heterocycles. The van der Waals surface area contributed by atoms with Crippen molar-refractivity contribution in [3.05, 3.63) is 35.4 Å². The largest absolute Gasteiger partial charge is 0.480 e. The molecule has 1 N–H and O–H groups in total. The van der Waals surface area contributed by atoms with Crippen LogP contribution in [0.1, 0.15) is 44.2 Å². The average molecular weight is 289 g/mol. The zero-order chi connectivity index (χ0) is 15.6. The fourth-order valence-corrected chi connectivity index (χ4v) is 3.26. The number of carboxylic acids is 1. The van der Waals surface area contributed by atoms with E-state index in [1.165, 1.54) is 0 Å². The van der Waals surface area contributed by atoms with Crippen LogP contribution < -0.4 is 0 Å². The van der Waals surface area contributed by atoms with Gasteiger partial charge in [-0.15, -0.1) is 0 Å². The maximum atomic E-state index is 12.2. The Bertz CT molecular complexity index is 537. The molecule has 0 aromatic heterocycles. The average Bonchev–Trinajstić information content (AvgIpc) is 2.41. The van der Waals surface area contributed by atoms with Crippen molar-refractivity contribution in [3.63, 3.8) is 0 Å². The number of carboxylic acid groups (broad SMARTS) is 1. The highest BCUT2D eigenvalue weighted by molar-refractivity contribution is 5.86. The molecule has 4 nitrogen and oxygen atoms in total. The molecular weight excluding hydrogens is 266 g/mol. The summed E-state index contributed by atoms with van der Waals surface area (Å²) < 4.78 is 0. The summed E-state index contributed by atoms with van der Waals surface area (Å²) in [5.74, 6) is -1.33. The summed E-state index contributed by atoms with van der Waals surface area (Å²) in [5, 5.41) is 10.0. The van der Waals surface area contributed by atoms with Crippen LogP contribution in [-0.4, -0.2) is 35.4 Å². The van der Waals surface area contributed by atoms with E-state index in [1.54, 1.807) is 6.92 Å². The first-order valence-corrected chi connectivity index (χ1v) is 7.49. The first-order chi connectivity index (χ1) is 9.96. The van der Waals surface area contributed by atoms with E-state index in [0.717, 1.165) is 36.9 Å². The van der Waals surface area contributed by atoms with E-state index in [0.29, 0.717) is 0 Å². The molecule has 0 amide bonds. The number of hydrogen-bond acceptors (Lipinski definition) is 3. The third kappa shape index (κ3) is 2.38. The molecule has 0 radical (unpaired) electrons. The van der Waals surface area contributed by atoms with Crippen LogP contribution in [0.2, 0.25) is 0 Å². The van der Waals surface area contributed by atoms with Crippen molar-refractivity contribution in [2.45, 2.75) is 38.6 Å². The van der Waals surface area contributed by atoms with Gasteiger partial charge in [0.1, 0.15) is 6.29 Å². The molecule has 21 heavy (non-hydrogen) atoms. The van der Waals surface area contributed by atoms with Gasteiger partial charge in [-0.3, -0.25) is 4.90 Å². The molecule has 0 bridgehead atoms. The molecule has 2 unspecified atom stereocenters. The lowest BCUT2D eigenvalue weighted by atomic mass is 9.73. The summed E-state index contributed by atoms with van der Waals surface area (Å²) in [6, 6.07) is 7.61. The molecule has 114 valence electrons. The molecule has 1 aromatic rings. The van der Waals surface area contributed by atoms with Crippen LogP contribution in [0.4, 0.5) is 0 Å². The Labute approximate surface area is 125 Å². The highest BCUT2D eigenvalue weighted by Gasteiger charge is 2.53. The molecule has 1 fully saturated rings. The van der Waals surface area contributed by atoms with Gasteiger partial charge in [-0.25, -0.2) is 4.79 Å². The number of carbonyl (C=O) groups excluding carboxylic acids is 1. The van der Waals surface area contributed by atoms with Gasteiger partial charge in [-0.1, -0.05) is 45.0 Å². The van der Waals surface area contributed by atoms with Gasteiger partial charge in [0.2, 0.25) is 0 Å². The van der Waals surface area contributed by atoms with Crippen molar-refractivity contribution in [1.29, 1.82) is 0 Å². The van der Waals surface area contributed by atoms with E-state index in [9.17, 15) is 14.7 Å². The van der Waals surface area contributed by atoms with Gasteiger partial charge in [0, 0.05) is 19.0 Å². The lowest BCUT2D eigenvalue weighted by Gasteiger charge is -2.49. The monoisotopic (exact) mass is 289 g/mol. The van der Waals surface area contributed by atoms with Crippen LogP contribution in [-0.2, 0) is 15.1 Å². The summed E-state index contributed by atoms with van der Waals surface area (Å²) in [5.41, 5.74) is 0.508. The minimum atomic E-state index is -1.25. The summed E-state index contributed by atoms with van der Waals surface area (Å²) >= 11 is 0. The summed E-state index contributed by atoms with van der Waals surface area (Å²) in [6.45, 7) is 7.24. The summed E-state index contributed by atoms with van der Waals surface area (Å²) in [6.07, 6.45) is 1.74. The third-order valence-corrected chi connectivity index (χ3v) is 4.54. The highest BCUT2D eigenvalue weighted by atomic mass is 16.4. The Hall–Kier alpha value is -1.68. The standard InChI is InChI=1S/C17H23NO3/c1-12(2)14-7-4-5-8-15(14)17(16(20)21,13(3)11-19)18-9-6-10-18/h4-5,7-8,11-13H,6,9-10H2,1-3H3,(H,20,21). The number of rotatable bonds is 6. The molecule has 1 heterocycles. The fourth-order valence-electron chi connectivity index (χ4n) is 3.26. The lowest BCUT2D eigenvalue weighted by molar-refractivity contribution is -0.162. The Morgan fingerprint density at radius 2 is 1.90 bits per heavy atom. The summed E-state index contributed by atoms with van der Waals surface area (Å²) in [4.78, 5) is 25.6. The number of nitrogens with zero attached hydrogens (tertiary/aromatic N) is 1. The summed E-state index contributed by atoms with van der Waals surface area (Å²) in [7, 11) is 0. The second-order valence-corrected chi connectivity index (χ2v) is 6.08. The number of hydrogen-bond donors (Lipinski definition) is 1. The normalized spacial score (nSPS) is 19.6. The highest BCUT2D eigenvalue weighted by Crippen LogP contribution is 2.42. The van der Waals surface area contributed by atoms with Gasteiger partial charge in [-0.2, -0.15) is 0 Å². The molecule has 2 atom stereocenters. The van der Waals surface area contributed by atoms with Crippen LogP contribution in [0.25, 0.3) is 0 Å². The van der Waals surface area contributed by atoms with E-state index in [4.69, 9.17) is 0 Å². The van der Waals surface area contributed by atoms with Crippen molar-refractivity contribution >= 4 is 12.3 Å². The number of likely N-dealkylation sites (tertiary alicyclic amines) is 1. The maximum Gasteiger partial charge on any atom is 0.329 e. The van der Waals surface area contributed by atoms with Crippen LogP contribution in [0.15, 0.2) is 24.3 Å². The van der Waals surface area contributed by atoms with Gasteiger partial charge in [-0.05, 0) is 23.5 Å².